The molecule has 4 nitrogen and oxygen atoms in total. The van der Waals surface area contributed by atoms with Crippen LogP contribution in [0.4, 0.5) is 0 Å². The van der Waals surface area contributed by atoms with Crippen molar-refractivity contribution in [1.82, 2.24) is 0 Å². The largest absolute Gasteiger partial charge is 0.497 e. The summed E-state index contributed by atoms with van der Waals surface area (Å²) in [5, 5.41) is -0.315. The zero-order valence-electron chi connectivity index (χ0n) is 12.3. The molecule has 0 saturated carbocycles. The summed E-state index contributed by atoms with van der Waals surface area (Å²) in [5.74, 6) is 0.603. The lowest BCUT2D eigenvalue weighted by Gasteiger charge is -2.04. The maximum Gasteiger partial charge on any atom is 0.283 e. The van der Waals surface area contributed by atoms with E-state index in [9.17, 15) is 8.42 Å². The van der Waals surface area contributed by atoms with Crippen LogP contribution in [-0.4, -0.2) is 15.5 Å². The normalized spacial score (nSPS) is 11.8. The van der Waals surface area contributed by atoms with Crippen LogP contribution in [0.3, 0.4) is 0 Å². The first-order valence-electron chi connectivity index (χ1n) is 6.52. The molecule has 0 atom stereocenters. The van der Waals surface area contributed by atoms with Crippen LogP contribution in [0, 0.1) is 13.5 Å². The van der Waals surface area contributed by atoms with Gasteiger partial charge in [-0.25, -0.2) is 13.3 Å². The van der Waals surface area contributed by atoms with Gasteiger partial charge in [0.1, 0.15) is 5.75 Å². The molecule has 112 valence electrons. The zero-order chi connectivity index (χ0) is 16.2. The Labute approximate surface area is 130 Å². The average Bonchev–Trinajstić information content (AvgIpc) is 2.53. The van der Waals surface area contributed by atoms with Gasteiger partial charge < -0.3 is 4.74 Å². The number of hydrogen-bond acceptors (Lipinski definition) is 3. The molecule has 2 aromatic rings. The summed E-state index contributed by atoms with van der Waals surface area (Å²) < 4.78 is 30.1. The Bertz CT molecular complexity index is 844. The molecule has 22 heavy (non-hydrogen) atoms. The maximum atomic E-state index is 12.5. The van der Waals surface area contributed by atoms with Gasteiger partial charge in [-0.1, -0.05) is 29.8 Å². The summed E-state index contributed by atoms with van der Waals surface area (Å²) in [6.07, 6.45) is 1.35. The summed E-state index contributed by atoms with van der Waals surface area (Å²) >= 11 is 0. The highest BCUT2D eigenvalue weighted by molar-refractivity contribution is 7.95. The first-order valence-corrected chi connectivity index (χ1v) is 8.00. The Morgan fingerprint density at radius 2 is 1.86 bits per heavy atom. The number of methoxy groups -OCH3 is 1. The van der Waals surface area contributed by atoms with E-state index in [1.165, 1.54) is 25.3 Å². The molecule has 0 spiro atoms. The second-order valence-corrected chi connectivity index (χ2v) is 6.58. The summed E-state index contributed by atoms with van der Waals surface area (Å²) in [6.45, 7) is 9.07. The molecule has 2 aromatic carbocycles. The molecule has 0 radical (unpaired) electrons. The van der Waals surface area contributed by atoms with Crippen molar-refractivity contribution < 1.29 is 13.2 Å². The third kappa shape index (κ3) is 3.35. The van der Waals surface area contributed by atoms with Gasteiger partial charge in [0.2, 0.25) is 9.84 Å². The second kappa shape index (κ2) is 6.46. The lowest BCUT2D eigenvalue weighted by molar-refractivity contribution is 0.414. The number of rotatable bonds is 4. The topological polar surface area (TPSA) is 47.7 Å². The van der Waals surface area contributed by atoms with Crippen LogP contribution < -0.4 is 4.74 Å². The molecule has 0 aliphatic heterocycles. The minimum atomic E-state index is -3.82. The number of hydrogen-bond donors (Lipinski definition) is 0. The summed E-state index contributed by atoms with van der Waals surface area (Å²) in [4.78, 5) is 3.31. The molecule has 5 heteroatoms. The fourth-order valence-corrected chi connectivity index (χ4v) is 3.03. The molecular weight excluding hydrogens is 298 g/mol. The van der Waals surface area contributed by atoms with E-state index in [0.717, 1.165) is 5.56 Å². The average molecular weight is 313 g/mol. The third-order valence-electron chi connectivity index (χ3n) is 3.10. The Morgan fingerprint density at radius 3 is 2.45 bits per heavy atom. The Hall–Kier alpha value is -2.58. The fourth-order valence-electron chi connectivity index (χ4n) is 1.88. The van der Waals surface area contributed by atoms with Crippen LogP contribution in [0.15, 0.2) is 58.5 Å². The second-order valence-electron chi connectivity index (χ2n) is 4.69. The highest BCUT2D eigenvalue weighted by Gasteiger charge is 2.21. The molecule has 0 fully saturated rings. The van der Waals surface area contributed by atoms with Gasteiger partial charge in [-0.15, -0.1) is 0 Å². The van der Waals surface area contributed by atoms with Gasteiger partial charge in [0.15, 0.2) is 0 Å². The number of sulfone groups is 1. The van der Waals surface area contributed by atoms with Crippen molar-refractivity contribution in [3.8, 4) is 5.75 Å². The van der Waals surface area contributed by atoms with Crippen LogP contribution in [-0.2, 0) is 9.84 Å². The molecule has 0 N–H and O–H groups in total. The van der Waals surface area contributed by atoms with Crippen molar-refractivity contribution in [2.45, 2.75) is 11.8 Å². The van der Waals surface area contributed by atoms with Crippen LogP contribution in [0.1, 0.15) is 11.1 Å². The third-order valence-corrected chi connectivity index (χ3v) is 4.75. The molecule has 0 aliphatic carbocycles. The van der Waals surface area contributed by atoms with Gasteiger partial charge in [-0.05, 0) is 42.8 Å². The highest BCUT2D eigenvalue weighted by Crippen LogP contribution is 2.24. The van der Waals surface area contributed by atoms with Crippen LogP contribution in [0.2, 0.25) is 0 Å². The molecule has 0 bridgehead atoms. The predicted molar refractivity (Wildman–Crippen MR) is 85.9 cm³/mol. The van der Waals surface area contributed by atoms with E-state index in [0.29, 0.717) is 11.3 Å². The van der Waals surface area contributed by atoms with Crippen molar-refractivity contribution >= 4 is 15.9 Å². The smallest absolute Gasteiger partial charge is 0.283 e. The fraction of sp³-hybridized carbons (Fsp3) is 0.118. The standard InChI is InChI=1S/C17H15NO3S/c1-13-7-9-16(10-8-13)22(19,20)17(18-2)12-14-5-4-6-15(11-14)21-3/h4-12H,1,3H3/b17-12+. The van der Waals surface area contributed by atoms with E-state index in [-0.39, 0.29) is 9.92 Å². The SMILES string of the molecule is [C-]#[N+]/C(=C\c1cccc(OC)c1)S(=O)(=O)c1ccc(C)cc1. The van der Waals surface area contributed by atoms with Gasteiger partial charge in [0, 0.05) is 0 Å². The molecule has 2 rings (SSSR count). The zero-order valence-corrected chi connectivity index (χ0v) is 13.1. The lowest BCUT2D eigenvalue weighted by Crippen LogP contribution is -2.02. The number of benzene rings is 2. The highest BCUT2D eigenvalue weighted by atomic mass is 32.2. The van der Waals surface area contributed by atoms with Gasteiger partial charge in [0.25, 0.3) is 5.03 Å². The number of aryl methyl sites for hydroxylation is 1. The quantitative estimate of drug-likeness (QED) is 0.809. The van der Waals surface area contributed by atoms with E-state index >= 15 is 0 Å². The lowest BCUT2D eigenvalue weighted by atomic mass is 10.2. The van der Waals surface area contributed by atoms with E-state index in [2.05, 4.69) is 4.85 Å². The minimum absolute atomic E-state index is 0.114. The Kier molecular flexibility index (Phi) is 4.64. The van der Waals surface area contributed by atoms with E-state index in [4.69, 9.17) is 11.3 Å². The summed E-state index contributed by atoms with van der Waals surface area (Å²) in [7, 11) is -2.29. The molecule has 0 saturated heterocycles. The van der Waals surface area contributed by atoms with Crippen LogP contribution in [0.5, 0.6) is 5.75 Å². The van der Waals surface area contributed by atoms with E-state index in [1.54, 1.807) is 36.4 Å². The van der Waals surface area contributed by atoms with Crippen LogP contribution in [0.25, 0.3) is 10.9 Å². The van der Waals surface area contributed by atoms with Crippen molar-refractivity contribution in [1.29, 1.82) is 0 Å². The van der Waals surface area contributed by atoms with Crippen molar-refractivity contribution in [3.63, 3.8) is 0 Å². The first kappa shape index (κ1) is 15.8. The van der Waals surface area contributed by atoms with Gasteiger partial charge in [-0.3, -0.25) is 0 Å². The maximum absolute atomic E-state index is 12.5. The molecule has 0 aromatic heterocycles. The number of nitrogens with zero attached hydrogens (tertiary/aromatic N) is 1. The molecular formula is C17H15NO3S. The predicted octanol–water partition coefficient (Wildman–Crippen LogP) is 3.70. The minimum Gasteiger partial charge on any atom is -0.497 e. The summed E-state index contributed by atoms with van der Waals surface area (Å²) in [6, 6.07) is 13.3. The van der Waals surface area contributed by atoms with Gasteiger partial charge >= 0.3 is 0 Å². The van der Waals surface area contributed by atoms with Crippen molar-refractivity contribution in [2.75, 3.05) is 7.11 Å². The Morgan fingerprint density at radius 1 is 1.18 bits per heavy atom. The van der Waals surface area contributed by atoms with Gasteiger partial charge in [0.05, 0.1) is 18.6 Å². The summed E-state index contributed by atoms with van der Waals surface area (Å²) in [5.41, 5.74) is 1.56. The molecule has 0 unspecified atom stereocenters. The Balaban J connectivity index is 2.48. The van der Waals surface area contributed by atoms with Crippen molar-refractivity contribution in [3.05, 3.63) is 76.1 Å². The van der Waals surface area contributed by atoms with Crippen molar-refractivity contribution in [2.24, 2.45) is 0 Å². The van der Waals surface area contributed by atoms with Gasteiger partial charge in [-0.2, -0.15) is 0 Å². The van der Waals surface area contributed by atoms with E-state index < -0.39 is 9.84 Å². The first-order chi connectivity index (χ1) is 10.5. The number of ether oxygens (including phenoxy) is 1. The van der Waals surface area contributed by atoms with Crippen LogP contribution >= 0.6 is 0 Å². The molecule has 0 amide bonds. The molecule has 0 heterocycles. The molecule has 0 aliphatic rings. The van der Waals surface area contributed by atoms with E-state index in [1.807, 2.05) is 6.92 Å². The monoisotopic (exact) mass is 313 g/mol.